The first kappa shape index (κ1) is 22.6. The van der Waals surface area contributed by atoms with Gasteiger partial charge in [0, 0.05) is 18.7 Å². The number of amides is 2. The number of fused-ring (bicyclic) bond motifs is 1. The lowest BCUT2D eigenvalue weighted by Gasteiger charge is -2.33. The van der Waals surface area contributed by atoms with Crippen molar-refractivity contribution in [2.45, 2.75) is 36.7 Å². The van der Waals surface area contributed by atoms with Gasteiger partial charge in [-0.1, -0.05) is 36.6 Å². The second-order valence-electron chi connectivity index (χ2n) is 7.86. The number of benzene rings is 2. The van der Waals surface area contributed by atoms with Gasteiger partial charge in [-0.25, -0.2) is 8.42 Å². The standard InChI is InChI=1S/C22H24ClN3O5S/c23-16-10-9-15(13-20(16)32(29,30)25-11-5-1-2-6-12-25)22(28)26-14-19(21(24)27)31-18-8-4-3-7-17(18)26/h3-4,7-10,13,19H,1-2,5-6,11-12,14H2,(H2,24,27). The molecule has 0 saturated carbocycles. The number of sulfonamides is 1. The lowest BCUT2D eigenvalue weighted by atomic mass is 10.1. The zero-order valence-electron chi connectivity index (χ0n) is 17.4. The minimum atomic E-state index is -3.86. The van der Waals surface area contributed by atoms with E-state index in [2.05, 4.69) is 0 Å². The molecule has 2 aromatic carbocycles. The van der Waals surface area contributed by atoms with Crippen LogP contribution in [0.2, 0.25) is 5.02 Å². The highest BCUT2D eigenvalue weighted by Gasteiger charge is 2.34. The number of carbonyl (C=O) groups is 2. The summed E-state index contributed by atoms with van der Waals surface area (Å²) in [6.07, 6.45) is 2.52. The van der Waals surface area contributed by atoms with Crippen LogP contribution in [0.3, 0.4) is 0 Å². The molecule has 8 nitrogen and oxygen atoms in total. The van der Waals surface area contributed by atoms with Gasteiger partial charge in [0.15, 0.2) is 6.10 Å². The van der Waals surface area contributed by atoms with Gasteiger partial charge in [-0.3, -0.25) is 9.59 Å². The molecule has 0 bridgehead atoms. The largest absolute Gasteiger partial charge is 0.477 e. The molecule has 2 aromatic rings. The van der Waals surface area contributed by atoms with Crippen LogP contribution < -0.4 is 15.4 Å². The maximum absolute atomic E-state index is 13.4. The molecule has 2 N–H and O–H groups in total. The van der Waals surface area contributed by atoms with E-state index in [4.69, 9.17) is 22.1 Å². The highest BCUT2D eigenvalue weighted by molar-refractivity contribution is 7.89. The van der Waals surface area contributed by atoms with E-state index in [1.807, 2.05) is 0 Å². The molecule has 2 amide bonds. The summed E-state index contributed by atoms with van der Waals surface area (Å²) in [7, 11) is -3.86. The van der Waals surface area contributed by atoms with Crippen LogP contribution in [0.25, 0.3) is 0 Å². The van der Waals surface area contributed by atoms with E-state index in [0.717, 1.165) is 25.7 Å². The Balaban J connectivity index is 1.70. The number of hydrogen-bond donors (Lipinski definition) is 1. The van der Waals surface area contributed by atoms with Crippen molar-refractivity contribution >= 4 is 39.1 Å². The summed E-state index contributed by atoms with van der Waals surface area (Å²) in [5, 5.41) is 0.0585. The maximum Gasteiger partial charge on any atom is 0.260 e. The number of para-hydroxylation sites is 2. The van der Waals surface area contributed by atoms with Crippen LogP contribution in [-0.2, 0) is 14.8 Å². The normalized spacial score (nSPS) is 19.5. The lowest BCUT2D eigenvalue weighted by molar-refractivity contribution is -0.124. The fourth-order valence-electron chi connectivity index (χ4n) is 3.99. The number of hydrogen-bond acceptors (Lipinski definition) is 5. The SMILES string of the molecule is NC(=O)C1CN(C(=O)c2ccc(Cl)c(S(=O)(=O)N3CCCCCC3)c2)c2ccccc2O1. The number of nitrogens with zero attached hydrogens (tertiary/aromatic N) is 2. The van der Waals surface area contributed by atoms with Gasteiger partial charge in [0.2, 0.25) is 10.0 Å². The van der Waals surface area contributed by atoms with E-state index < -0.39 is 27.9 Å². The van der Waals surface area contributed by atoms with Gasteiger partial charge in [0.1, 0.15) is 10.6 Å². The van der Waals surface area contributed by atoms with Crippen LogP contribution in [0, 0.1) is 0 Å². The first-order chi connectivity index (χ1) is 15.3. The first-order valence-electron chi connectivity index (χ1n) is 10.5. The summed E-state index contributed by atoms with van der Waals surface area (Å²) in [4.78, 5) is 26.5. The molecule has 2 heterocycles. The zero-order valence-corrected chi connectivity index (χ0v) is 18.9. The maximum atomic E-state index is 13.4. The summed E-state index contributed by atoms with van der Waals surface area (Å²) in [5.74, 6) is -0.823. The van der Waals surface area contributed by atoms with E-state index in [1.165, 1.54) is 27.4 Å². The number of nitrogens with two attached hydrogens (primary N) is 1. The molecule has 0 aliphatic carbocycles. The molecule has 32 heavy (non-hydrogen) atoms. The fraction of sp³-hybridized carbons (Fsp3) is 0.364. The molecule has 0 radical (unpaired) electrons. The van der Waals surface area contributed by atoms with Gasteiger partial charge in [-0.15, -0.1) is 0 Å². The molecular formula is C22H24ClN3O5S. The quantitative estimate of drug-likeness (QED) is 0.728. The summed E-state index contributed by atoms with van der Waals surface area (Å²) in [6.45, 7) is 0.768. The molecule has 1 atom stereocenters. The lowest BCUT2D eigenvalue weighted by Crippen LogP contribution is -2.49. The topological polar surface area (TPSA) is 110 Å². The summed E-state index contributed by atoms with van der Waals surface area (Å²) >= 11 is 6.27. The van der Waals surface area contributed by atoms with Gasteiger partial charge < -0.3 is 15.4 Å². The van der Waals surface area contributed by atoms with Crippen molar-refractivity contribution in [1.29, 1.82) is 0 Å². The number of carbonyl (C=O) groups excluding carboxylic acids is 2. The highest BCUT2D eigenvalue weighted by atomic mass is 35.5. The van der Waals surface area contributed by atoms with Gasteiger partial charge in [0.25, 0.3) is 11.8 Å². The second-order valence-corrected chi connectivity index (χ2v) is 10.2. The van der Waals surface area contributed by atoms with Crippen LogP contribution in [0.1, 0.15) is 36.0 Å². The van der Waals surface area contributed by atoms with Crippen LogP contribution in [0.15, 0.2) is 47.4 Å². The zero-order chi connectivity index (χ0) is 22.9. The Bertz CT molecular complexity index is 1150. The van der Waals surface area contributed by atoms with Crippen molar-refractivity contribution in [3.63, 3.8) is 0 Å². The molecule has 170 valence electrons. The number of ether oxygens (including phenoxy) is 1. The molecule has 0 aromatic heterocycles. The van der Waals surface area contributed by atoms with Gasteiger partial charge in [-0.05, 0) is 43.2 Å². The molecule has 1 fully saturated rings. The van der Waals surface area contributed by atoms with E-state index in [1.54, 1.807) is 24.3 Å². The molecule has 4 rings (SSSR count). The molecule has 1 saturated heterocycles. The smallest absolute Gasteiger partial charge is 0.260 e. The third kappa shape index (κ3) is 4.32. The number of rotatable bonds is 4. The molecule has 0 spiro atoms. The van der Waals surface area contributed by atoms with Crippen LogP contribution in [0.4, 0.5) is 5.69 Å². The minimum Gasteiger partial charge on any atom is -0.477 e. The Hall–Kier alpha value is -2.62. The number of anilines is 1. The average Bonchev–Trinajstić information content (AvgIpc) is 3.08. The van der Waals surface area contributed by atoms with Gasteiger partial charge in [0.05, 0.1) is 17.3 Å². The van der Waals surface area contributed by atoms with Crippen molar-refractivity contribution in [2.75, 3.05) is 24.5 Å². The van der Waals surface area contributed by atoms with Gasteiger partial charge >= 0.3 is 0 Å². The average molecular weight is 478 g/mol. The van der Waals surface area contributed by atoms with Crippen LogP contribution >= 0.6 is 11.6 Å². The Morgan fingerprint density at radius 1 is 1.03 bits per heavy atom. The summed E-state index contributed by atoms with van der Waals surface area (Å²) in [5.41, 5.74) is 6.03. The van der Waals surface area contributed by atoms with E-state index in [0.29, 0.717) is 24.5 Å². The molecular weight excluding hydrogens is 454 g/mol. The summed E-state index contributed by atoms with van der Waals surface area (Å²) in [6, 6.07) is 11.0. The van der Waals surface area contributed by atoms with Crippen molar-refractivity contribution in [3.05, 3.63) is 53.1 Å². The number of halogens is 1. The van der Waals surface area contributed by atoms with Crippen molar-refractivity contribution in [3.8, 4) is 5.75 Å². The van der Waals surface area contributed by atoms with E-state index in [-0.39, 0.29) is 22.0 Å². The van der Waals surface area contributed by atoms with Crippen LogP contribution in [0.5, 0.6) is 5.75 Å². The van der Waals surface area contributed by atoms with Crippen molar-refractivity contribution in [2.24, 2.45) is 5.73 Å². The first-order valence-corrected chi connectivity index (χ1v) is 12.3. The van der Waals surface area contributed by atoms with E-state index >= 15 is 0 Å². The molecule has 2 aliphatic heterocycles. The third-order valence-corrected chi connectivity index (χ3v) is 8.08. The predicted octanol–water partition coefficient (Wildman–Crippen LogP) is 2.80. The second kappa shape index (κ2) is 9.09. The Labute approximate surface area is 191 Å². The van der Waals surface area contributed by atoms with Gasteiger partial charge in [-0.2, -0.15) is 4.31 Å². The highest BCUT2D eigenvalue weighted by Crippen LogP contribution is 2.35. The fourth-order valence-corrected chi connectivity index (χ4v) is 6.00. The minimum absolute atomic E-state index is 0.0585. The molecule has 2 aliphatic rings. The van der Waals surface area contributed by atoms with E-state index in [9.17, 15) is 18.0 Å². The molecule has 1 unspecified atom stereocenters. The Morgan fingerprint density at radius 2 is 1.72 bits per heavy atom. The Kier molecular flexibility index (Phi) is 6.41. The number of primary amides is 1. The monoisotopic (exact) mass is 477 g/mol. The van der Waals surface area contributed by atoms with Crippen molar-refractivity contribution < 1.29 is 22.7 Å². The predicted molar refractivity (Wildman–Crippen MR) is 120 cm³/mol. The Morgan fingerprint density at radius 3 is 2.41 bits per heavy atom. The van der Waals surface area contributed by atoms with Crippen LogP contribution in [-0.4, -0.2) is 50.3 Å². The third-order valence-electron chi connectivity index (χ3n) is 5.70. The summed E-state index contributed by atoms with van der Waals surface area (Å²) < 4.78 is 33.6. The molecule has 10 heteroatoms. The van der Waals surface area contributed by atoms with Crippen molar-refractivity contribution in [1.82, 2.24) is 4.31 Å².